The third kappa shape index (κ3) is 3.85. The first-order chi connectivity index (χ1) is 12.4. The summed E-state index contributed by atoms with van der Waals surface area (Å²) in [7, 11) is 3.96. The van der Waals surface area contributed by atoms with E-state index < -0.39 is 0 Å². The summed E-state index contributed by atoms with van der Waals surface area (Å²) in [5.41, 5.74) is 1.76. The molecule has 142 valence electrons. The zero-order valence-electron chi connectivity index (χ0n) is 15.8. The van der Waals surface area contributed by atoms with Crippen molar-refractivity contribution >= 4 is 17.5 Å². The van der Waals surface area contributed by atoms with Gasteiger partial charge in [0, 0.05) is 63.4 Å². The molecule has 2 fully saturated rings. The average molecular weight is 359 g/mol. The van der Waals surface area contributed by atoms with Gasteiger partial charge in [0.15, 0.2) is 0 Å². The molecule has 2 saturated heterocycles. The number of aliphatic hydroxyl groups excluding tert-OH is 1. The third-order valence-corrected chi connectivity index (χ3v) is 5.70. The normalized spacial score (nSPS) is 23.4. The van der Waals surface area contributed by atoms with Crippen molar-refractivity contribution in [3.8, 4) is 0 Å². The molecule has 0 unspecified atom stereocenters. The molecule has 1 atom stereocenters. The van der Waals surface area contributed by atoms with Crippen molar-refractivity contribution in [2.24, 2.45) is 5.41 Å². The number of β-amino-alcohol motifs (C(OH)–C–C–N with tert-alkyl or cyclic N) is 1. The van der Waals surface area contributed by atoms with Gasteiger partial charge in [0.1, 0.15) is 0 Å². The van der Waals surface area contributed by atoms with Crippen LogP contribution in [0.5, 0.6) is 0 Å². The Bertz CT molecular complexity index is 659. The number of carbonyl (C=O) groups excluding carboxylic acids is 2. The number of likely N-dealkylation sites (tertiary alicyclic amines) is 2. The van der Waals surface area contributed by atoms with Gasteiger partial charge in [-0.15, -0.1) is 0 Å². The first kappa shape index (κ1) is 18.7. The van der Waals surface area contributed by atoms with Crippen LogP contribution in [0.25, 0.3) is 0 Å². The van der Waals surface area contributed by atoms with Crippen LogP contribution >= 0.6 is 0 Å². The van der Waals surface area contributed by atoms with Crippen molar-refractivity contribution in [2.75, 3.05) is 51.8 Å². The molecule has 0 aliphatic carbocycles. The molecule has 1 spiro atoms. The van der Waals surface area contributed by atoms with E-state index in [1.165, 1.54) is 0 Å². The van der Waals surface area contributed by atoms with Crippen molar-refractivity contribution in [2.45, 2.75) is 25.7 Å². The van der Waals surface area contributed by atoms with Gasteiger partial charge in [-0.1, -0.05) is 0 Å². The Morgan fingerprint density at radius 2 is 1.92 bits per heavy atom. The molecule has 0 radical (unpaired) electrons. The summed E-state index contributed by atoms with van der Waals surface area (Å²) in [4.78, 5) is 30.8. The highest BCUT2D eigenvalue weighted by atomic mass is 16.3. The molecule has 6 heteroatoms. The van der Waals surface area contributed by atoms with Crippen molar-refractivity contribution in [1.82, 2.24) is 9.80 Å². The number of hydrogen-bond donors (Lipinski definition) is 1. The van der Waals surface area contributed by atoms with Gasteiger partial charge >= 0.3 is 0 Å². The Kier molecular flexibility index (Phi) is 5.51. The van der Waals surface area contributed by atoms with E-state index in [1.807, 2.05) is 48.2 Å². The number of carbonyl (C=O) groups is 2. The number of hydrogen-bond acceptors (Lipinski definition) is 4. The number of piperidine rings is 2. The zero-order valence-corrected chi connectivity index (χ0v) is 15.8. The molecule has 2 aliphatic heterocycles. The molecular formula is C20H29N3O3. The maximum absolute atomic E-state index is 13.0. The second-order valence-corrected chi connectivity index (χ2v) is 7.81. The molecule has 3 rings (SSSR count). The molecule has 2 heterocycles. The number of aliphatic hydroxyl groups is 1. The Morgan fingerprint density at radius 1 is 1.19 bits per heavy atom. The number of benzene rings is 1. The summed E-state index contributed by atoms with van der Waals surface area (Å²) in [6, 6.07) is 7.72. The first-order valence-corrected chi connectivity index (χ1v) is 9.39. The van der Waals surface area contributed by atoms with Gasteiger partial charge in [0.25, 0.3) is 5.91 Å². The van der Waals surface area contributed by atoms with Crippen molar-refractivity contribution in [3.63, 3.8) is 0 Å². The van der Waals surface area contributed by atoms with Crippen molar-refractivity contribution < 1.29 is 14.7 Å². The van der Waals surface area contributed by atoms with Gasteiger partial charge in [-0.3, -0.25) is 9.59 Å². The molecular weight excluding hydrogens is 330 g/mol. The van der Waals surface area contributed by atoms with E-state index >= 15 is 0 Å². The molecule has 26 heavy (non-hydrogen) atoms. The Hall–Kier alpha value is -2.08. The van der Waals surface area contributed by atoms with Crippen molar-refractivity contribution in [1.29, 1.82) is 0 Å². The number of rotatable bonds is 4. The Balaban J connectivity index is 1.71. The molecule has 2 aliphatic rings. The Morgan fingerprint density at radius 3 is 2.58 bits per heavy atom. The largest absolute Gasteiger partial charge is 0.395 e. The van der Waals surface area contributed by atoms with E-state index in [2.05, 4.69) is 0 Å². The summed E-state index contributed by atoms with van der Waals surface area (Å²) in [5.74, 6) is 0.187. The molecule has 1 aromatic rings. The van der Waals surface area contributed by atoms with E-state index in [0.717, 1.165) is 31.5 Å². The van der Waals surface area contributed by atoms with Crippen LogP contribution in [0, 0.1) is 5.41 Å². The van der Waals surface area contributed by atoms with Crippen LogP contribution < -0.4 is 4.90 Å². The predicted molar refractivity (Wildman–Crippen MR) is 101 cm³/mol. The fraction of sp³-hybridized carbons (Fsp3) is 0.600. The highest BCUT2D eigenvalue weighted by molar-refractivity contribution is 5.94. The Labute approximate surface area is 155 Å². The quantitative estimate of drug-likeness (QED) is 0.887. The fourth-order valence-electron chi connectivity index (χ4n) is 4.23. The minimum absolute atomic E-state index is 0.0112. The lowest BCUT2D eigenvalue weighted by molar-refractivity contribution is -0.139. The molecule has 0 aromatic heterocycles. The minimum atomic E-state index is -0.0272. The summed E-state index contributed by atoms with van der Waals surface area (Å²) >= 11 is 0. The van der Waals surface area contributed by atoms with Gasteiger partial charge in [-0.05, 0) is 43.5 Å². The molecule has 0 bridgehead atoms. The predicted octanol–water partition coefficient (Wildman–Crippen LogP) is 1.59. The lowest BCUT2D eigenvalue weighted by Gasteiger charge is -2.48. The highest BCUT2D eigenvalue weighted by Gasteiger charge is 2.42. The zero-order chi connectivity index (χ0) is 18.7. The minimum Gasteiger partial charge on any atom is -0.395 e. The fourth-order valence-corrected chi connectivity index (χ4v) is 4.23. The van der Waals surface area contributed by atoms with Crippen LogP contribution in [0.4, 0.5) is 5.69 Å². The van der Waals surface area contributed by atoms with E-state index in [9.17, 15) is 14.7 Å². The maximum atomic E-state index is 13.0. The average Bonchev–Trinajstić information content (AvgIpc) is 2.65. The van der Waals surface area contributed by atoms with Gasteiger partial charge in [-0.2, -0.15) is 0 Å². The van der Waals surface area contributed by atoms with E-state index in [1.54, 1.807) is 4.90 Å². The van der Waals surface area contributed by atoms with Crippen LogP contribution in [-0.4, -0.2) is 73.6 Å². The van der Waals surface area contributed by atoms with Crippen LogP contribution in [0.15, 0.2) is 24.3 Å². The first-order valence-electron chi connectivity index (χ1n) is 9.39. The van der Waals surface area contributed by atoms with Crippen LogP contribution in [0.3, 0.4) is 0 Å². The van der Waals surface area contributed by atoms with E-state index in [0.29, 0.717) is 31.6 Å². The molecule has 1 aromatic carbocycles. The van der Waals surface area contributed by atoms with Gasteiger partial charge in [0.05, 0.1) is 6.61 Å². The number of amides is 2. The lowest BCUT2D eigenvalue weighted by atomic mass is 9.73. The maximum Gasteiger partial charge on any atom is 0.253 e. The van der Waals surface area contributed by atoms with Crippen LogP contribution in [-0.2, 0) is 4.79 Å². The topological polar surface area (TPSA) is 64.1 Å². The molecule has 0 saturated carbocycles. The summed E-state index contributed by atoms with van der Waals surface area (Å²) in [6.07, 6.45) is 3.34. The lowest BCUT2D eigenvalue weighted by Crippen LogP contribution is -2.55. The summed E-state index contributed by atoms with van der Waals surface area (Å²) in [6.45, 7) is 2.49. The van der Waals surface area contributed by atoms with Crippen LogP contribution in [0.1, 0.15) is 36.0 Å². The second kappa shape index (κ2) is 7.66. The molecule has 6 nitrogen and oxygen atoms in total. The van der Waals surface area contributed by atoms with Gasteiger partial charge < -0.3 is 19.8 Å². The molecule has 1 N–H and O–H groups in total. The second-order valence-electron chi connectivity index (χ2n) is 7.81. The summed E-state index contributed by atoms with van der Waals surface area (Å²) in [5, 5.41) is 9.21. The SMILES string of the molecule is CN(C)c1ccc(C(=O)N2CCC[C@]3(CCC(=O)N(CCO)C3)C2)cc1. The summed E-state index contributed by atoms with van der Waals surface area (Å²) < 4.78 is 0. The van der Waals surface area contributed by atoms with E-state index in [-0.39, 0.29) is 23.8 Å². The molecule has 2 amide bonds. The van der Waals surface area contributed by atoms with Gasteiger partial charge in [-0.25, -0.2) is 0 Å². The van der Waals surface area contributed by atoms with Gasteiger partial charge in [0.2, 0.25) is 5.91 Å². The highest BCUT2D eigenvalue weighted by Crippen LogP contribution is 2.39. The van der Waals surface area contributed by atoms with Crippen LogP contribution in [0.2, 0.25) is 0 Å². The monoisotopic (exact) mass is 359 g/mol. The number of nitrogens with zero attached hydrogens (tertiary/aromatic N) is 3. The third-order valence-electron chi connectivity index (χ3n) is 5.70. The van der Waals surface area contributed by atoms with E-state index in [4.69, 9.17) is 0 Å². The number of anilines is 1. The van der Waals surface area contributed by atoms with Crippen molar-refractivity contribution in [3.05, 3.63) is 29.8 Å². The standard InChI is InChI=1S/C20H29N3O3/c1-21(2)17-6-4-16(5-7-17)19(26)23-11-3-9-20(15-23)10-8-18(25)22(14-20)12-13-24/h4-7,24H,3,8-15H2,1-2H3/t20-/m1/s1. The smallest absolute Gasteiger partial charge is 0.253 e.